The average molecular weight is 315 g/mol. The molecule has 0 spiro atoms. The van der Waals surface area contributed by atoms with E-state index in [0.717, 1.165) is 30.3 Å². The van der Waals surface area contributed by atoms with Crippen LogP contribution in [0.25, 0.3) is 0 Å². The summed E-state index contributed by atoms with van der Waals surface area (Å²) < 4.78 is 11.5. The molecule has 1 N–H and O–H groups in total. The summed E-state index contributed by atoms with van der Waals surface area (Å²) in [6.07, 6.45) is 0.158. The second-order valence-corrected chi connectivity index (χ2v) is 6.40. The summed E-state index contributed by atoms with van der Waals surface area (Å²) in [5.74, 6) is 0.914. The maximum atomic E-state index is 6.02. The number of rotatable bonds is 5. The van der Waals surface area contributed by atoms with E-state index in [0.29, 0.717) is 0 Å². The summed E-state index contributed by atoms with van der Waals surface area (Å²) in [5.41, 5.74) is 1.28. The molecule has 116 valence electrons. The molecule has 2 aromatic carbocycles. The summed E-state index contributed by atoms with van der Waals surface area (Å²) in [5, 5.41) is 3.67. The van der Waals surface area contributed by atoms with Crippen molar-refractivity contribution in [3.05, 3.63) is 60.2 Å². The van der Waals surface area contributed by atoms with E-state index < -0.39 is 0 Å². The van der Waals surface area contributed by atoms with Gasteiger partial charge in [-0.15, -0.1) is 11.8 Å². The molecule has 1 heterocycles. The number of para-hydroxylation sites is 1. The fraction of sp³-hybridized carbons (Fsp3) is 0.333. The van der Waals surface area contributed by atoms with Gasteiger partial charge in [0.05, 0.1) is 30.0 Å². The molecule has 0 unspecified atom stereocenters. The van der Waals surface area contributed by atoms with Crippen molar-refractivity contribution in [3.63, 3.8) is 0 Å². The Bertz CT molecular complexity index is 585. The van der Waals surface area contributed by atoms with Gasteiger partial charge >= 0.3 is 0 Å². The minimum absolute atomic E-state index is 0.158. The van der Waals surface area contributed by atoms with E-state index in [1.807, 2.05) is 36.0 Å². The van der Waals surface area contributed by atoms with Gasteiger partial charge in [-0.3, -0.25) is 0 Å². The van der Waals surface area contributed by atoms with Gasteiger partial charge in [-0.2, -0.15) is 0 Å². The Morgan fingerprint density at radius 1 is 1.14 bits per heavy atom. The fourth-order valence-corrected chi connectivity index (χ4v) is 3.95. The van der Waals surface area contributed by atoms with Gasteiger partial charge in [0.15, 0.2) is 0 Å². The number of ether oxygens (including phenoxy) is 2. The third-order valence-corrected chi connectivity index (χ3v) is 5.17. The molecule has 0 saturated carbocycles. The topological polar surface area (TPSA) is 30.5 Å². The van der Waals surface area contributed by atoms with E-state index in [2.05, 4.69) is 35.6 Å². The molecule has 1 fully saturated rings. The predicted octanol–water partition coefficient (Wildman–Crippen LogP) is 3.52. The Labute approximate surface area is 136 Å². The summed E-state index contributed by atoms with van der Waals surface area (Å²) in [4.78, 5) is 1.15. The summed E-state index contributed by atoms with van der Waals surface area (Å²) in [6, 6.07) is 18.7. The number of methoxy groups -OCH3 is 1. The zero-order valence-electron chi connectivity index (χ0n) is 12.7. The first-order chi connectivity index (χ1) is 10.9. The molecule has 1 aliphatic rings. The van der Waals surface area contributed by atoms with Crippen molar-refractivity contribution in [3.8, 4) is 5.75 Å². The second kappa shape index (κ2) is 7.68. The van der Waals surface area contributed by atoms with Gasteiger partial charge in [0.1, 0.15) is 5.75 Å². The van der Waals surface area contributed by atoms with Crippen LogP contribution >= 0.6 is 11.8 Å². The molecule has 3 nitrogen and oxygen atoms in total. The molecule has 22 heavy (non-hydrogen) atoms. The summed E-state index contributed by atoms with van der Waals surface area (Å²) in [7, 11) is 1.72. The number of benzene rings is 2. The molecule has 4 heteroatoms. The van der Waals surface area contributed by atoms with Crippen LogP contribution in [0.3, 0.4) is 0 Å². The van der Waals surface area contributed by atoms with Crippen LogP contribution in [-0.4, -0.2) is 32.9 Å². The van der Waals surface area contributed by atoms with Crippen LogP contribution in [0.15, 0.2) is 59.5 Å². The number of thioether (sulfide) groups is 1. The molecular formula is C18H21NO2S. The van der Waals surface area contributed by atoms with Crippen molar-refractivity contribution in [2.45, 2.75) is 16.2 Å². The Kier molecular flexibility index (Phi) is 5.38. The Balaban J connectivity index is 1.88. The fourth-order valence-electron chi connectivity index (χ4n) is 2.63. The van der Waals surface area contributed by atoms with Crippen molar-refractivity contribution >= 4 is 11.8 Å². The molecule has 1 aliphatic heterocycles. The highest BCUT2D eigenvalue weighted by Gasteiger charge is 2.27. The van der Waals surface area contributed by atoms with E-state index in [1.165, 1.54) is 5.56 Å². The highest BCUT2D eigenvalue weighted by Crippen LogP contribution is 2.42. The number of morpholine rings is 1. The quantitative estimate of drug-likeness (QED) is 0.855. The maximum absolute atomic E-state index is 6.02. The first-order valence-corrected chi connectivity index (χ1v) is 8.43. The van der Waals surface area contributed by atoms with Crippen LogP contribution in [0.5, 0.6) is 5.75 Å². The van der Waals surface area contributed by atoms with Gasteiger partial charge < -0.3 is 14.8 Å². The Hall–Kier alpha value is -1.49. The SMILES string of the molecule is COc1ccccc1S[C@H](c1ccccc1)[C@H]1CNCCO1. The molecule has 3 rings (SSSR count). The van der Waals surface area contributed by atoms with Crippen molar-refractivity contribution < 1.29 is 9.47 Å². The molecule has 0 aromatic heterocycles. The lowest BCUT2D eigenvalue weighted by molar-refractivity contribution is 0.0273. The highest BCUT2D eigenvalue weighted by molar-refractivity contribution is 7.99. The molecule has 0 bridgehead atoms. The van der Waals surface area contributed by atoms with Crippen LogP contribution in [0.1, 0.15) is 10.8 Å². The zero-order valence-corrected chi connectivity index (χ0v) is 13.5. The van der Waals surface area contributed by atoms with Gasteiger partial charge in [0, 0.05) is 13.1 Å². The average Bonchev–Trinajstić information content (AvgIpc) is 2.61. The van der Waals surface area contributed by atoms with Crippen molar-refractivity contribution in [2.24, 2.45) is 0 Å². The normalized spacial score (nSPS) is 19.6. The standard InChI is InChI=1S/C18H21NO2S/c1-20-15-9-5-6-10-17(15)22-18(14-7-3-2-4-8-14)16-13-19-11-12-21-16/h2-10,16,18-19H,11-13H2,1H3/t16-,18-/m1/s1. The van der Waals surface area contributed by atoms with Gasteiger partial charge in [-0.05, 0) is 17.7 Å². The molecule has 2 aromatic rings. The number of nitrogens with one attached hydrogen (secondary N) is 1. The van der Waals surface area contributed by atoms with Crippen LogP contribution in [0, 0.1) is 0 Å². The smallest absolute Gasteiger partial charge is 0.132 e. The van der Waals surface area contributed by atoms with Crippen LogP contribution in [0.4, 0.5) is 0 Å². The predicted molar refractivity (Wildman–Crippen MR) is 90.6 cm³/mol. The van der Waals surface area contributed by atoms with Crippen LogP contribution < -0.4 is 10.1 Å². The minimum atomic E-state index is 0.158. The monoisotopic (exact) mass is 315 g/mol. The molecule has 0 radical (unpaired) electrons. The number of hydrogen-bond acceptors (Lipinski definition) is 4. The first kappa shape index (κ1) is 15.4. The van der Waals surface area contributed by atoms with E-state index in [1.54, 1.807) is 7.11 Å². The van der Waals surface area contributed by atoms with Gasteiger partial charge in [0.25, 0.3) is 0 Å². The first-order valence-electron chi connectivity index (χ1n) is 7.55. The second-order valence-electron chi connectivity index (χ2n) is 5.21. The third-order valence-electron chi connectivity index (χ3n) is 3.75. The van der Waals surface area contributed by atoms with E-state index in [4.69, 9.17) is 9.47 Å². The summed E-state index contributed by atoms with van der Waals surface area (Å²) in [6.45, 7) is 2.57. The van der Waals surface area contributed by atoms with Crippen molar-refractivity contribution in [1.82, 2.24) is 5.32 Å². The lowest BCUT2D eigenvalue weighted by Crippen LogP contribution is -2.41. The molecule has 0 amide bonds. The molecule has 2 atom stereocenters. The van der Waals surface area contributed by atoms with Crippen LogP contribution in [-0.2, 0) is 4.74 Å². The molecule has 0 aliphatic carbocycles. The highest BCUT2D eigenvalue weighted by atomic mass is 32.2. The lowest BCUT2D eigenvalue weighted by atomic mass is 10.1. The van der Waals surface area contributed by atoms with Crippen molar-refractivity contribution in [2.75, 3.05) is 26.8 Å². The largest absolute Gasteiger partial charge is 0.496 e. The van der Waals surface area contributed by atoms with E-state index in [-0.39, 0.29) is 11.4 Å². The van der Waals surface area contributed by atoms with Gasteiger partial charge in [-0.25, -0.2) is 0 Å². The van der Waals surface area contributed by atoms with Gasteiger partial charge in [0.2, 0.25) is 0 Å². The summed E-state index contributed by atoms with van der Waals surface area (Å²) >= 11 is 1.81. The van der Waals surface area contributed by atoms with E-state index >= 15 is 0 Å². The zero-order chi connectivity index (χ0) is 15.2. The Morgan fingerprint density at radius 3 is 2.64 bits per heavy atom. The Morgan fingerprint density at radius 2 is 1.91 bits per heavy atom. The third kappa shape index (κ3) is 3.64. The van der Waals surface area contributed by atoms with E-state index in [9.17, 15) is 0 Å². The molecule has 1 saturated heterocycles. The maximum Gasteiger partial charge on any atom is 0.132 e. The lowest BCUT2D eigenvalue weighted by Gasteiger charge is -2.31. The molecular weight excluding hydrogens is 294 g/mol. The number of hydrogen-bond donors (Lipinski definition) is 1. The van der Waals surface area contributed by atoms with Gasteiger partial charge in [-0.1, -0.05) is 42.5 Å². The minimum Gasteiger partial charge on any atom is -0.496 e. The van der Waals surface area contributed by atoms with Crippen LogP contribution in [0.2, 0.25) is 0 Å². The van der Waals surface area contributed by atoms with Crippen molar-refractivity contribution in [1.29, 1.82) is 0 Å².